The predicted molar refractivity (Wildman–Crippen MR) is 112 cm³/mol. The molecule has 0 saturated carbocycles. The van der Waals surface area contributed by atoms with Gasteiger partial charge in [-0.15, -0.1) is 0 Å². The molecule has 140 valence electrons. The summed E-state index contributed by atoms with van der Waals surface area (Å²) >= 11 is 0. The van der Waals surface area contributed by atoms with Gasteiger partial charge in [-0.3, -0.25) is 0 Å². The number of nitrogens with one attached hydrogen (secondary N) is 1. The number of piperidine rings is 1. The van der Waals surface area contributed by atoms with E-state index in [1.165, 1.54) is 47.8 Å². The standard InChI is InChI=1S/C24H28N2O/c1-26-15-13-21(14-16-26)25-17-23-22-10-6-5-9-20(22)11-12-24(23)27-18-19-7-3-2-4-8-19/h2-12,21,25H,13-18H2,1H3. The Kier molecular flexibility index (Phi) is 5.71. The number of benzene rings is 3. The fourth-order valence-corrected chi connectivity index (χ4v) is 3.83. The molecule has 0 radical (unpaired) electrons. The minimum atomic E-state index is 0.585. The van der Waals surface area contributed by atoms with Crippen LogP contribution in [0.3, 0.4) is 0 Å². The lowest BCUT2D eigenvalue weighted by atomic mass is 10.0. The van der Waals surface area contributed by atoms with Crippen molar-refractivity contribution in [2.75, 3.05) is 20.1 Å². The van der Waals surface area contributed by atoms with Crippen LogP contribution >= 0.6 is 0 Å². The summed E-state index contributed by atoms with van der Waals surface area (Å²) in [7, 11) is 2.20. The molecule has 3 aromatic carbocycles. The third-order valence-corrected chi connectivity index (χ3v) is 5.52. The maximum Gasteiger partial charge on any atom is 0.124 e. The van der Waals surface area contributed by atoms with Crippen molar-refractivity contribution in [2.45, 2.75) is 32.0 Å². The van der Waals surface area contributed by atoms with Crippen LogP contribution in [0.1, 0.15) is 24.0 Å². The summed E-state index contributed by atoms with van der Waals surface area (Å²) in [6, 6.07) is 23.8. The largest absolute Gasteiger partial charge is 0.489 e. The molecule has 4 rings (SSSR count). The molecule has 1 aliphatic heterocycles. The lowest BCUT2D eigenvalue weighted by Gasteiger charge is -2.30. The summed E-state index contributed by atoms with van der Waals surface area (Å²) in [6.07, 6.45) is 2.42. The maximum absolute atomic E-state index is 6.24. The van der Waals surface area contributed by atoms with E-state index in [0.29, 0.717) is 12.6 Å². The molecule has 27 heavy (non-hydrogen) atoms. The van der Waals surface area contributed by atoms with Gasteiger partial charge in [0.05, 0.1) is 0 Å². The van der Waals surface area contributed by atoms with Crippen LogP contribution < -0.4 is 10.1 Å². The molecule has 1 aliphatic rings. The molecule has 0 spiro atoms. The van der Waals surface area contributed by atoms with Crippen LogP contribution in [-0.2, 0) is 13.2 Å². The van der Waals surface area contributed by atoms with Crippen molar-refractivity contribution in [1.29, 1.82) is 0 Å². The zero-order chi connectivity index (χ0) is 18.5. The van der Waals surface area contributed by atoms with Crippen LogP contribution in [0.15, 0.2) is 66.7 Å². The average molecular weight is 361 g/mol. The number of ether oxygens (including phenoxy) is 1. The molecule has 0 atom stereocenters. The molecular weight excluding hydrogens is 332 g/mol. The molecule has 1 fully saturated rings. The number of fused-ring (bicyclic) bond motifs is 1. The fourth-order valence-electron chi connectivity index (χ4n) is 3.83. The molecule has 0 aromatic heterocycles. The molecule has 0 unspecified atom stereocenters. The number of likely N-dealkylation sites (tertiary alicyclic amines) is 1. The Morgan fingerprint density at radius 1 is 0.926 bits per heavy atom. The summed E-state index contributed by atoms with van der Waals surface area (Å²) in [4.78, 5) is 2.41. The third kappa shape index (κ3) is 4.49. The van der Waals surface area contributed by atoms with Gasteiger partial charge in [-0.2, -0.15) is 0 Å². The molecular formula is C24H28N2O. The molecule has 1 heterocycles. The van der Waals surface area contributed by atoms with Gasteiger partial charge in [-0.1, -0.05) is 60.7 Å². The van der Waals surface area contributed by atoms with E-state index < -0.39 is 0 Å². The first-order chi connectivity index (χ1) is 13.3. The van der Waals surface area contributed by atoms with Crippen molar-refractivity contribution in [1.82, 2.24) is 10.2 Å². The van der Waals surface area contributed by atoms with Crippen LogP contribution in [0.25, 0.3) is 10.8 Å². The number of hydrogen-bond donors (Lipinski definition) is 1. The number of hydrogen-bond acceptors (Lipinski definition) is 3. The van der Waals surface area contributed by atoms with Gasteiger partial charge in [-0.05, 0) is 55.4 Å². The Labute approximate surface area is 162 Å². The van der Waals surface area contributed by atoms with E-state index in [-0.39, 0.29) is 0 Å². The van der Waals surface area contributed by atoms with Gasteiger partial charge in [0.2, 0.25) is 0 Å². The molecule has 3 nitrogen and oxygen atoms in total. The average Bonchev–Trinajstić information content (AvgIpc) is 2.73. The normalized spacial score (nSPS) is 15.9. The van der Waals surface area contributed by atoms with E-state index in [1.54, 1.807) is 0 Å². The van der Waals surface area contributed by atoms with Gasteiger partial charge in [0, 0.05) is 18.2 Å². The highest BCUT2D eigenvalue weighted by atomic mass is 16.5. The molecule has 0 amide bonds. The lowest BCUT2D eigenvalue weighted by molar-refractivity contribution is 0.233. The van der Waals surface area contributed by atoms with Crippen molar-refractivity contribution < 1.29 is 4.74 Å². The van der Waals surface area contributed by atoms with Crippen molar-refractivity contribution in [3.05, 3.63) is 77.9 Å². The molecule has 0 bridgehead atoms. The van der Waals surface area contributed by atoms with Crippen LogP contribution in [0.5, 0.6) is 5.75 Å². The first kappa shape index (κ1) is 18.0. The summed E-state index contributed by atoms with van der Waals surface area (Å²) in [5.74, 6) is 0.984. The number of nitrogens with zero attached hydrogens (tertiary/aromatic N) is 1. The van der Waals surface area contributed by atoms with Crippen LogP contribution in [0.4, 0.5) is 0 Å². The van der Waals surface area contributed by atoms with Gasteiger partial charge in [0.15, 0.2) is 0 Å². The highest BCUT2D eigenvalue weighted by Crippen LogP contribution is 2.29. The predicted octanol–water partition coefficient (Wildman–Crippen LogP) is 4.60. The second-order valence-electron chi connectivity index (χ2n) is 7.50. The first-order valence-electron chi connectivity index (χ1n) is 9.89. The van der Waals surface area contributed by atoms with E-state index in [9.17, 15) is 0 Å². The summed E-state index contributed by atoms with van der Waals surface area (Å²) < 4.78 is 6.24. The molecule has 1 N–H and O–H groups in total. The molecule has 3 aromatic rings. The van der Waals surface area contributed by atoms with Gasteiger partial charge >= 0.3 is 0 Å². The highest BCUT2D eigenvalue weighted by Gasteiger charge is 2.17. The Balaban J connectivity index is 1.54. The highest BCUT2D eigenvalue weighted by molar-refractivity contribution is 5.87. The molecule has 0 aliphatic carbocycles. The first-order valence-corrected chi connectivity index (χ1v) is 9.89. The van der Waals surface area contributed by atoms with Gasteiger partial charge < -0.3 is 15.0 Å². The summed E-state index contributed by atoms with van der Waals surface area (Å²) in [5.41, 5.74) is 2.46. The van der Waals surface area contributed by atoms with Gasteiger partial charge in [0.25, 0.3) is 0 Å². The monoisotopic (exact) mass is 360 g/mol. The van der Waals surface area contributed by atoms with Crippen molar-refractivity contribution >= 4 is 10.8 Å². The van der Waals surface area contributed by atoms with Crippen LogP contribution in [-0.4, -0.2) is 31.1 Å². The van der Waals surface area contributed by atoms with E-state index in [1.807, 2.05) is 6.07 Å². The van der Waals surface area contributed by atoms with E-state index >= 15 is 0 Å². The zero-order valence-corrected chi connectivity index (χ0v) is 16.0. The lowest BCUT2D eigenvalue weighted by Crippen LogP contribution is -2.40. The van der Waals surface area contributed by atoms with E-state index in [4.69, 9.17) is 4.74 Å². The zero-order valence-electron chi connectivity index (χ0n) is 16.0. The minimum absolute atomic E-state index is 0.585. The SMILES string of the molecule is CN1CCC(NCc2c(OCc3ccccc3)ccc3ccccc23)CC1. The quantitative estimate of drug-likeness (QED) is 0.695. The van der Waals surface area contributed by atoms with Crippen molar-refractivity contribution in [2.24, 2.45) is 0 Å². The van der Waals surface area contributed by atoms with Crippen LogP contribution in [0, 0.1) is 0 Å². The Bertz CT molecular complexity index is 870. The van der Waals surface area contributed by atoms with Gasteiger partial charge in [-0.25, -0.2) is 0 Å². The van der Waals surface area contributed by atoms with Crippen molar-refractivity contribution in [3.63, 3.8) is 0 Å². The Hall–Kier alpha value is -2.36. The maximum atomic E-state index is 6.24. The van der Waals surface area contributed by atoms with Gasteiger partial charge in [0.1, 0.15) is 12.4 Å². The topological polar surface area (TPSA) is 24.5 Å². The van der Waals surface area contributed by atoms with E-state index in [0.717, 1.165) is 12.3 Å². The molecule has 3 heteroatoms. The fraction of sp³-hybridized carbons (Fsp3) is 0.333. The minimum Gasteiger partial charge on any atom is -0.489 e. The van der Waals surface area contributed by atoms with Crippen LogP contribution in [0.2, 0.25) is 0 Å². The van der Waals surface area contributed by atoms with Crippen molar-refractivity contribution in [3.8, 4) is 5.75 Å². The smallest absolute Gasteiger partial charge is 0.124 e. The van der Waals surface area contributed by atoms with E-state index in [2.05, 4.69) is 77.9 Å². The second-order valence-corrected chi connectivity index (χ2v) is 7.50. The number of rotatable bonds is 6. The third-order valence-electron chi connectivity index (χ3n) is 5.52. The second kappa shape index (κ2) is 8.55. The Morgan fingerprint density at radius 2 is 1.67 bits per heavy atom. The summed E-state index contributed by atoms with van der Waals surface area (Å²) in [6.45, 7) is 3.79. The molecule has 1 saturated heterocycles. The summed E-state index contributed by atoms with van der Waals surface area (Å²) in [5, 5.41) is 6.33. The Morgan fingerprint density at radius 3 is 2.48 bits per heavy atom.